The van der Waals surface area contributed by atoms with Crippen molar-refractivity contribution in [1.29, 1.82) is 0 Å². The van der Waals surface area contributed by atoms with Crippen LogP contribution in [0.4, 0.5) is 4.79 Å². The zero-order chi connectivity index (χ0) is 15.1. The molecule has 6 heteroatoms. The molecule has 0 bridgehead atoms. The monoisotopic (exact) mass is 311 g/mol. The van der Waals surface area contributed by atoms with Crippen LogP contribution >= 0.6 is 11.8 Å². The summed E-state index contributed by atoms with van der Waals surface area (Å²) < 4.78 is 5.16. The second-order valence-electron chi connectivity index (χ2n) is 5.35. The lowest BCUT2D eigenvalue weighted by atomic mass is 9.95. The maximum absolute atomic E-state index is 12.0. The van der Waals surface area contributed by atoms with Crippen molar-refractivity contribution in [3.05, 3.63) is 17.5 Å². The molecule has 2 rings (SSSR count). The van der Waals surface area contributed by atoms with Crippen LogP contribution in [0.5, 0.6) is 0 Å². The van der Waals surface area contributed by atoms with Crippen LogP contribution in [0.2, 0.25) is 0 Å². The van der Waals surface area contributed by atoms with Crippen LogP contribution in [0.1, 0.15) is 51.0 Å². The molecule has 1 aliphatic carbocycles. The Balaban J connectivity index is 1.77. The summed E-state index contributed by atoms with van der Waals surface area (Å²) in [6.07, 6.45) is 5.59. The Labute approximate surface area is 130 Å². The SMILES string of the molecule is CCS[C@@H]1CCCC[C@H]1NC(=O)NCc1cc(CC)no1. The van der Waals surface area contributed by atoms with Gasteiger partial charge in [0.1, 0.15) is 0 Å². The highest BCUT2D eigenvalue weighted by Gasteiger charge is 2.26. The van der Waals surface area contributed by atoms with Crippen molar-refractivity contribution in [2.75, 3.05) is 5.75 Å². The van der Waals surface area contributed by atoms with Crippen LogP contribution in [0.25, 0.3) is 0 Å². The topological polar surface area (TPSA) is 67.2 Å². The summed E-state index contributed by atoms with van der Waals surface area (Å²) in [6, 6.07) is 2.05. The maximum Gasteiger partial charge on any atom is 0.315 e. The Hall–Kier alpha value is -1.17. The fourth-order valence-corrected chi connectivity index (χ4v) is 3.87. The number of hydrogen-bond donors (Lipinski definition) is 2. The molecule has 2 atom stereocenters. The molecule has 21 heavy (non-hydrogen) atoms. The lowest BCUT2D eigenvalue weighted by molar-refractivity contribution is 0.231. The van der Waals surface area contributed by atoms with E-state index in [1.165, 1.54) is 19.3 Å². The molecule has 1 heterocycles. The summed E-state index contributed by atoms with van der Waals surface area (Å²) in [7, 11) is 0. The number of carbonyl (C=O) groups excluding carboxylic acids is 1. The van der Waals surface area contributed by atoms with Gasteiger partial charge in [0.15, 0.2) is 5.76 Å². The van der Waals surface area contributed by atoms with Gasteiger partial charge in [-0.05, 0) is 25.0 Å². The van der Waals surface area contributed by atoms with Crippen LogP contribution in [0.3, 0.4) is 0 Å². The molecule has 1 fully saturated rings. The predicted octanol–water partition coefficient (Wildman–Crippen LogP) is 3.10. The number of urea groups is 1. The number of rotatable bonds is 6. The van der Waals surface area contributed by atoms with Gasteiger partial charge in [-0.25, -0.2) is 4.79 Å². The van der Waals surface area contributed by atoms with E-state index in [9.17, 15) is 4.79 Å². The van der Waals surface area contributed by atoms with E-state index in [0.29, 0.717) is 17.6 Å². The minimum absolute atomic E-state index is 0.113. The van der Waals surface area contributed by atoms with Crippen LogP contribution in [-0.4, -0.2) is 28.2 Å². The standard InChI is InChI=1S/C15H25N3O2S/c1-3-11-9-12(20-18-11)10-16-15(19)17-13-7-5-6-8-14(13)21-4-2/h9,13-14H,3-8,10H2,1-2H3,(H2,16,17,19)/t13-,14-/m1/s1. The van der Waals surface area contributed by atoms with Gasteiger partial charge < -0.3 is 15.2 Å². The van der Waals surface area contributed by atoms with Gasteiger partial charge in [0.05, 0.1) is 12.2 Å². The first-order chi connectivity index (χ1) is 10.2. The van der Waals surface area contributed by atoms with Crippen molar-refractivity contribution in [3.8, 4) is 0 Å². The van der Waals surface area contributed by atoms with Crippen molar-refractivity contribution in [2.24, 2.45) is 0 Å². The number of aryl methyl sites for hydroxylation is 1. The van der Waals surface area contributed by atoms with Crippen molar-refractivity contribution in [2.45, 2.75) is 63.8 Å². The molecule has 1 aromatic rings. The average Bonchev–Trinajstić information content (AvgIpc) is 2.95. The van der Waals surface area contributed by atoms with Gasteiger partial charge in [0, 0.05) is 17.4 Å². The molecule has 0 unspecified atom stereocenters. The largest absolute Gasteiger partial charge is 0.359 e. The number of thioether (sulfide) groups is 1. The minimum atomic E-state index is -0.113. The van der Waals surface area contributed by atoms with Crippen LogP contribution in [0.15, 0.2) is 10.6 Å². The van der Waals surface area contributed by atoms with Gasteiger partial charge in [-0.15, -0.1) is 0 Å². The van der Waals surface area contributed by atoms with E-state index < -0.39 is 0 Å². The van der Waals surface area contributed by atoms with E-state index in [-0.39, 0.29) is 12.1 Å². The Morgan fingerprint density at radius 1 is 1.43 bits per heavy atom. The quantitative estimate of drug-likeness (QED) is 0.847. The lowest BCUT2D eigenvalue weighted by Gasteiger charge is -2.31. The highest BCUT2D eigenvalue weighted by atomic mass is 32.2. The first-order valence-electron chi connectivity index (χ1n) is 7.83. The molecule has 5 nitrogen and oxygen atoms in total. The molecule has 2 N–H and O–H groups in total. The molecule has 2 amide bonds. The van der Waals surface area contributed by atoms with E-state index >= 15 is 0 Å². The van der Waals surface area contributed by atoms with E-state index in [2.05, 4.69) is 22.7 Å². The van der Waals surface area contributed by atoms with E-state index in [4.69, 9.17) is 4.52 Å². The third kappa shape index (κ3) is 4.95. The number of nitrogens with one attached hydrogen (secondary N) is 2. The first-order valence-corrected chi connectivity index (χ1v) is 8.88. The van der Waals surface area contributed by atoms with Crippen molar-refractivity contribution < 1.29 is 9.32 Å². The summed E-state index contributed by atoms with van der Waals surface area (Å²) in [5.74, 6) is 1.80. The van der Waals surface area contributed by atoms with E-state index in [1.807, 2.05) is 24.8 Å². The first kappa shape index (κ1) is 16.2. The number of nitrogens with zero attached hydrogens (tertiary/aromatic N) is 1. The second kappa shape index (κ2) is 8.32. The van der Waals surface area contributed by atoms with Crippen molar-refractivity contribution >= 4 is 17.8 Å². The second-order valence-corrected chi connectivity index (χ2v) is 6.87. The molecule has 1 aromatic heterocycles. The van der Waals surface area contributed by atoms with Crippen molar-refractivity contribution in [3.63, 3.8) is 0 Å². The average molecular weight is 311 g/mol. The summed E-state index contributed by atoms with van der Waals surface area (Å²) in [4.78, 5) is 12.0. The molecule has 1 aliphatic rings. The summed E-state index contributed by atoms with van der Waals surface area (Å²) in [6.45, 7) is 4.58. The number of hydrogen-bond acceptors (Lipinski definition) is 4. The molecule has 0 spiro atoms. The maximum atomic E-state index is 12.0. The smallest absolute Gasteiger partial charge is 0.315 e. The molecular formula is C15H25N3O2S. The van der Waals surface area contributed by atoms with E-state index in [1.54, 1.807) is 0 Å². The van der Waals surface area contributed by atoms with Gasteiger partial charge in [0.2, 0.25) is 0 Å². The molecule has 1 saturated carbocycles. The molecule has 0 radical (unpaired) electrons. The lowest BCUT2D eigenvalue weighted by Crippen LogP contribution is -2.47. The normalized spacial score (nSPS) is 22.0. The zero-order valence-electron chi connectivity index (χ0n) is 12.9. The van der Waals surface area contributed by atoms with Gasteiger partial charge in [-0.2, -0.15) is 11.8 Å². The van der Waals surface area contributed by atoms with Crippen molar-refractivity contribution in [1.82, 2.24) is 15.8 Å². The number of carbonyl (C=O) groups is 1. The Morgan fingerprint density at radius 3 is 2.95 bits per heavy atom. The highest BCUT2D eigenvalue weighted by Crippen LogP contribution is 2.28. The molecule has 0 aromatic carbocycles. The number of amides is 2. The van der Waals surface area contributed by atoms with Gasteiger partial charge >= 0.3 is 6.03 Å². The Bertz CT molecular complexity index is 448. The Morgan fingerprint density at radius 2 is 2.24 bits per heavy atom. The summed E-state index contributed by atoms with van der Waals surface area (Å²) in [5.41, 5.74) is 0.916. The predicted molar refractivity (Wildman–Crippen MR) is 85.4 cm³/mol. The van der Waals surface area contributed by atoms with E-state index in [0.717, 1.165) is 24.3 Å². The van der Waals surface area contributed by atoms with Crippen LogP contribution < -0.4 is 10.6 Å². The summed E-state index contributed by atoms with van der Waals surface area (Å²) >= 11 is 1.95. The zero-order valence-corrected chi connectivity index (χ0v) is 13.7. The molecule has 0 aliphatic heterocycles. The third-order valence-corrected chi connectivity index (χ3v) is 5.12. The molecular weight excluding hydrogens is 286 g/mol. The number of aromatic nitrogens is 1. The minimum Gasteiger partial charge on any atom is -0.359 e. The Kier molecular flexibility index (Phi) is 6.42. The molecule has 118 valence electrons. The molecule has 0 saturated heterocycles. The van der Waals surface area contributed by atoms with Gasteiger partial charge in [0.25, 0.3) is 0 Å². The fourth-order valence-electron chi connectivity index (χ4n) is 2.67. The van der Waals surface area contributed by atoms with Gasteiger partial charge in [-0.3, -0.25) is 0 Å². The summed E-state index contributed by atoms with van der Waals surface area (Å²) in [5, 5.41) is 10.4. The van der Waals surface area contributed by atoms with Crippen LogP contribution in [-0.2, 0) is 13.0 Å². The van der Waals surface area contributed by atoms with Crippen LogP contribution in [0, 0.1) is 0 Å². The fraction of sp³-hybridized carbons (Fsp3) is 0.733. The third-order valence-electron chi connectivity index (χ3n) is 3.79. The highest BCUT2D eigenvalue weighted by molar-refractivity contribution is 7.99. The van der Waals surface area contributed by atoms with Gasteiger partial charge in [-0.1, -0.05) is 31.8 Å².